The molecule has 0 heterocycles. The van der Waals surface area contributed by atoms with Gasteiger partial charge in [-0.05, 0) is 12.8 Å². The molecule has 288 valence electrons. The lowest BCUT2D eigenvalue weighted by Gasteiger charge is -2.07. The van der Waals surface area contributed by atoms with Crippen LogP contribution >= 0.6 is 7.82 Å². The number of rotatable bonds is 35. The van der Waals surface area contributed by atoms with Crippen molar-refractivity contribution in [3.63, 3.8) is 0 Å². The van der Waals surface area contributed by atoms with E-state index in [0.717, 1.165) is 25.7 Å². The first-order valence-corrected chi connectivity index (χ1v) is 21.0. The minimum Gasteiger partial charge on any atom is -0.462 e. The molecule has 0 rings (SSSR count). The van der Waals surface area contributed by atoms with Crippen molar-refractivity contribution in [3.8, 4) is 0 Å². The highest BCUT2D eigenvalue weighted by Gasteiger charge is 2.15. The monoisotopic (exact) mass is 711 g/mol. The van der Waals surface area contributed by atoms with Gasteiger partial charge in [0, 0.05) is 12.8 Å². The maximum atomic E-state index is 11.8. The molecule has 0 amide bonds. The number of hydrogen-bond acceptors (Lipinski definition) is 8. The summed E-state index contributed by atoms with van der Waals surface area (Å²) in [4.78, 5) is 39.8. The zero-order valence-electron chi connectivity index (χ0n) is 30.9. The Kier molecular flexibility index (Phi) is 39.6. The van der Waals surface area contributed by atoms with Gasteiger partial charge in [-0.15, -0.1) is 0 Å². The smallest absolute Gasteiger partial charge is 0.462 e. The lowest BCUT2D eigenvalue weighted by Crippen LogP contribution is -2.18. The molecule has 0 unspecified atom stereocenters. The highest BCUT2D eigenvalue weighted by Crippen LogP contribution is 2.35. The fourth-order valence-electron chi connectivity index (χ4n) is 5.27. The Bertz CT molecular complexity index is 687. The standard InChI is InChI=1S/C34H66O4.C3H9O6P/c1-3-5-7-9-11-13-15-17-19-21-23-25-27-29-33(35)37-31-32-38-34(36)30-28-26-24-22-20-18-16-14-12-10-8-6-4-2;4-1-3(5)2-9-10(6,7)8/h3-32H2,1-2H3;3-5H,1-2H2,(H2,6,7,8)/t;3-/m.0/s1. The topological polar surface area (TPSA) is 160 Å². The molecule has 11 heteroatoms. The number of phosphoric ester groups is 1. The lowest BCUT2D eigenvalue weighted by molar-refractivity contribution is -0.152. The number of carbonyl (C=O) groups is 2. The van der Waals surface area contributed by atoms with Crippen LogP contribution in [0.2, 0.25) is 0 Å². The summed E-state index contributed by atoms with van der Waals surface area (Å²) >= 11 is 0. The van der Waals surface area contributed by atoms with Crippen molar-refractivity contribution < 1.29 is 48.2 Å². The number of phosphoric acid groups is 1. The first-order valence-electron chi connectivity index (χ1n) is 19.5. The van der Waals surface area contributed by atoms with E-state index >= 15 is 0 Å². The predicted molar refractivity (Wildman–Crippen MR) is 194 cm³/mol. The SMILES string of the molecule is CCCCCCCCCCCCCCCC(=O)OCCOC(=O)CCCCCCCCCCCCCCC.O=P(O)(O)OC[C@@H](O)CO. The van der Waals surface area contributed by atoms with Crippen LogP contribution < -0.4 is 0 Å². The van der Waals surface area contributed by atoms with Crippen molar-refractivity contribution in [3.05, 3.63) is 0 Å². The van der Waals surface area contributed by atoms with Gasteiger partial charge < -0.3 is 29.5 Å². The Morgan fingerprint density at radius 3 is 1.04 bits per heavy atom. The summed E-state index contributed by atoms with van der Waals surface area (Å²) in [5.41, 5.74) is 0. The van der Waals surface area contributed by atoms with Crippen LogP contribution in [0.3, 0.4) is 0 Å². The third-order valence-corrected chi connectivity index (χ3v) is 8.71. The number of aliphatic hydroxyl groups is 2. The van der Waals surface area contributed by atoms with E-state index < -0.39 is 27.1 Å². The van der Waals surface area contributed by atoms with E-state index in [1.165, 1.54) is 141 Å². The zero-order chi connectivity index (χ0) is 36.0. The van der Waals surface area contributed by atoms with Crippen LogP contribution in [-0.4, -0.2) is 64.5 Å². The van der Waals surface area contributed by atoms with Crippen LogP contribution in [0.15, 0.2) is 0 Å². The molecule has 0 radical (unpaired) electrons. The minimum atomic E-state index is -4.50. The quantitative estimate of drug-likeness (QED) is 0.0283. The molecule has 0 aliphatic carbocycles. The molecule has 4 N–H and O–H groups in total. The van der Waals surface area contributed by atoms with Crippen molar-refractivity contribution in [2.24, 2.45) is 0 Å². The fourth-order valence-corrected chi connectivity index (χ4v) is 5.63. The normalized spacial score (nSPS) is 12.0. The first kappa shape index (κ1) is 49.1. The van der Waals surface area contributed by atoms with Gasteiger partial charge in [0.25, 0.3) is 0 Å². The summed E-state index contributed by atoms with van der Waals surface area (Å²) in [6.45, 7) is 3.75. The number of carbonyl (C=O) groups excluding carboxylic acids is 2. The maximum absolute atomic E-state index is 11.8. The molecule has 0 bridgehead atoms. The van der Waals surface area contributed by atoms with Gasteiger partial charge in [0.1, 0.15) is 19.3 Å². The van der Waals surface area contributed by atoms with Crippen molar-refractivity contribution in [2.75, 3.05) is 26.4 Å². The van der Waals surface area contributed by atoms with E-state index in [1.54, 1.807) is 0 Å². The van der Waals surface area contributed by atoms with Gasteiger partial charge in [-0.2, -0.15) is 0 Å². The van der Waals surface area contributed by atoms with Crippen molar-refractivity contribution in [2.45, 2.75) is 200 Å². The van der Waals surface area contributed by atoms with Crippen LogP contribution in [0.1, 0.15) is 194 Å². The number of esters is 2. The van der Waals surface area contributed by atoms with E-state index in [4.69, 9.17) is 29.5 Å². The molecule has 0 aromatic heterocycles. The molecule has 0 fully saturated rings. The van der Waals surface area contributed by atoms with E-state index in [9.17, 15) is 14.2 Å². The van der Waals surface area contributed by atoms with Gasteiger partial charge >= 0.3 is 19.8 Å². The molecule has 48 heavy (non-hydrogen) atoms. The molecule has 10 nitrogen and oxygen atoms in total. The number of unbranched alkanes of at least 4 members (excludes halogenated alkanes) is 24. The Morgan fingerprint density at radius 2 is 0.792 bits per heavy atom. The zero-order valence-corrected chi connectivity index (χ0v) is 31.8. The van der Waals surface area contributed by atoms with Crippen molar-refractivity contribution >= 4 is 19.8 Å². The van der Waals surface area contributed by atoms with Crippen LogP contribution in [0.4, 0.5) is 0 Å². The molecule has 0 saturated carbocycles. The summed E-state index contributed by atoms with van der Waals surface area (Å²) in [5.74, 6) is -0.332. The number of aliphatic hydroxyl groups excluding tert-OH is 2. The highest BCUT2D eigenvalue weighted by atomic mass is 31.2. The summed E-state index contributed by atoms with van der Waals surface area (Å²) in [5, 5.41) is 16.7. The average molecular weight is 711 g/mol. The minimum absolute atomic E-state index is 0.166. The largest absolute Gasteiger partial charge is 0.469 e. The molecule has 0 aliphatic heterocycles. The van der Waals surface area contributed by atoms with Gasteiger partial charge in [0.15, 0.2) is 0 Å². The summed E-state index contributed by atoms with van der Waals surface area (Å²) < 4.78 is 24.2. The highest BCUT2D eigenvalue weighted by molar-refractivity contribution is 7.46. The predicted octanol–water partition coefficient (Wildman–Crippen LogP) is 9.48. The van der Waals surface area contributed by atoms with E-state index in [2.05, 4.69) is 18.4 Å². The molecule has 0 saturated heterocycles. The second-order valence-corrected chi connectivity index (χ2v) is 14.3. The third-order valence-electron chi connectivity index (χ3n) is 8.22. The summed E-state index contributed by atoms with van der Waals surface area (Å²) in [6.07, 6.45) is 33.4. The lowest BCUT2D eigenvalue weighted by atomic mass is 10.0. The van der Waals surface area contributed by atoms with E-state index in [-0.39, 0.29) is 25.2 Å². The first-order chi connectivity index (χ1) is 23.2. The molecule has 0 aromatic rings. The number of ether oxygens (including phenoxy) is 2. The van der Waals surface area contributed by atoms with Crippen LogP contribution in [0.25, 0.3) is 0 Å². The molecular weight excluding hydrogens is 635 g/mol. The maximum Gasteiger partial charge on any atom is 0.469 e. The van der Waals surface area contributed by atoms with Gasteiger partial charge in [-0.25, -0.2) is 4.57 Å². The van der Waals surface area contributed by atoms with Crippen LogP contribution in [0.5, 0.6) is 0 Å². The van der Waals surface area contributed by atoms with Gasteiger partial charge in [0.2, 0.25) is 0 Å². The summed E-state index contributed by atoms with van der Waals surface area (Å²) in [6, 6.07) is 0. The summed E-state index contributed by atoms with van der Waals surface area (Å²) in [7, 11) is -4.50. The second kappa shape index (κ2) is 38.8. The average Bonchev–Trinajstić information content (AvgIpc) is 3.06. The van der Waals surface area contributed by atoms with Crippen molar-refractivity contribution in [1.82, 2.24) is 0 Å². The van der Waals surface area contributed by atoms with E-state index in [0.29, 0.717) is 12.8 Å². The van der Waals surface area contributed by atoms with Crippen molar-refractivity contribution in [1.29, 1.82) is 0 Å². The van der Waals surface area contributed by atoms with Gasteiger partial charge in [0.05, 0.1) is 13.2 Å². The third kappa shape index (κ3) is 45.0. The molecule has 0 aromatic carbocycles. The Hall–Kier alpha value is -1.03. The Morgan fingerprint density at radius 1 is 0.521 bits per heavy atom. The molecule has 0 spiro atoms. The molecular formula is C37H75O10P. The van der Waals surface area contributed by atoms with Crippen LogP contribution in [0, 0.1) is 0 Å². The van der Waals surface area contributed by atoms with Crippen LogP contribution in [-0.2, 0) is 28.2 Å². The second-order valence-electron chi connectivity index (χ2n) is 13.0. The van der Waals surface area contributed by atoms with Gasteiger partial charge in [-0.3, -0.25) is 14.1 Å². The Balaban J connectivity index is 0. The fraction of sp³-hybridized carbons (Fsp3) is 0.946. The molecule has 1 atom stereocenters. The number of hydrogen-bond donors (Lipinski definition) is 4. The molecule has 0 aliphatic rings. The van der Waals surface area contributed by atoms with E-state index in [1.807, 2.05) is 0 Å². The Labute approximate surface area is 293 Å². The van der Waals surface area contributed by atoms with Gasteiger partial charge in [-0.1, -0.05) is 168 Å².